The van der Waals surface area contributed by atoms with Gasteiger partial charge >= 0.3 is 5.97 Å². The summed E-state index contributed by atoms with van der Waals surface area (Å²) in [6.45, 7) is 1.45. The van der Waals surface area contributed by atoms with Gasteiger partial charge in [0.15, 0.2) is 6.10 Å². The molecule has 1 N–H and O–H groups in total. The van der Waals surface area contributed by atoms with Gasteiger partial charge in [0.2, 0.25) is 11.7 Å². The fourth-order valence-electron chi connectivity index (χ4n) is 2.52. The topological polar surface area (TPSA) is 118 Å². The van der Waals surface area contributed by atoms with Crippen molar-refractivity contribution in [2.24, 2.45) is 0 Å². The number of hydrogen-bond donors (Lipinski definition) is 1. The van der Waals surface area contributed by atoms with E-state index in [1.807, 2.05) is 6.07 Å². The zero-order valence-electron chi connectivity index (χ0n) is 16.0. The van der Waals surface area contributed by atoms with Crippen LogP contribution in [0.1, 0.15) is 24.8 Å². The minimum Gasteiger partial charge on any atom is -0.453 e. The molecule has 0 aliphatic rings. The van der Waals surface area contributed by atoms with E-state index in [4.69, 9.17) is 26.1 Å². The number of benzene rings is 2. The van der Waals surface area contributed by atoms with Crippen LogP contribution in [0.25, 0.3) is 11.4 Å². The molecule has 0 aliphatic heterocycles. The Morgan fingerprint density at radius 3 is 2.70 bits per heavy atom. The Morgan fingerprint density at radius 1 is 1.23 bits per heavy atom. The van der Waals surface area contributed by atoms with Crippen molar-refractivity contribution in [1.29, 1.82) is 5.26 Å². The van der Waals surface area contributed by atoms with E-state index in [-0.39, 0.29) is 18.7 Å². The van der Waals surface area contributed by atoms with Crippen molar-refractivity contribution in [3.05, 3.63) is 65.0 Å². The number of esters is 1. The molecule has 152 valence electrons. The third kappa shape index (κ3) is 5.43. The lowest BCUT2D eigenvalue weighted by molar-refractivity contribution is -0.153. The Hall–Kier alpha value is -3.70. The number of ether oxygens (including phenoxy) is 1. The molecular weight excluding hydrogens is 408 g/mol. The Balaban J connectivity index is 1.50. The second-order valence-electron chi connectivity index (χ2n) is 6.30. The van der Waals surface area contributed by atoms with Crippen LogP contribution < -0.4 is 5.32 Å². The van der Waals surface area contributed by atoms with Crippen LogP contribution in [-0.2, 0) is 20.7 Å². The van der Waals surface area contributed by atoms with Crippen LogP contribution in [0.2, 0.25) is 5.02 Å². The van der Waals surface area contributed by atoms with Gasteiger partial charge in [0.1, 0.15) is 6.07 Å². The number of carbonyl (C=O) groups is 2. The van der Waals surface area contributed by atoms with Crippen LogP contribution in [0, 0.1) is 11.3 Å². The van der Waals surface area contributed by atoms with E-state index in [1.54, 1.807) is 48.5 Å². The second kappa shape index (κ2) is 9.67. The molecule has 0 saturated heterocycles. The molecule has 30 heavy (non-hydrogen) atoms. The molecule has 2 aromatic carbocycles. The number of nitrogens with one attached hydrogen (secondary N) is 1. The maximum absolute atomic E-state index is 12.2. The quantitative estimate of drug-likeness (QED) is 0.573. The third-order valence-electron chi connectivity index (χ3n) is 4.10. The van der Waals surface area contributed by atoms with Gasteiger partial charge in [0.25, 0.3) is 5.91 Å². The summed E-state index contributed by atoms with van der Waals surface area (Å²) in [5.41, 5.74) is 1.41. The number of aryl methyl sites for hydroxylation is 1. The molecule has 3 rings (SSSR count). The zero-order chi connectivity index (χ0) is 21.5. The van der Waals surface area contributed by atoms with Crippen molar-refractivity contribution in [3.63, 3.8) is 0 Å². The fourth-order valence-corrected chi connectivity index (χ4v) is 2.64. The molecule has 0 bridgehead atoms. The van der Waals surface area contributed by atoms with E-state index >= 15 is 0 Å². The van der Waals surface area contributed by atoms with Crippen LogP contribution in [0.4, 0.5) is 5.69 Å². The standard InChI is InChI=1S/C21H17ClN4O4/c1-13(21(28)24-17-5-3-2-4-15(17)12-23)29-19(27)11-10-18-25-20(26-30-18)14-6-8-16(22)9-7-14/h2-9,13H,10-11H2,1H3,(H,24,28). The van der Waals surface area contributed by atoms with Crippen molar-refractivity contribution in [3.8, 4) is 17.5 Å². The Morgan fingerprint density at radius 2 is 1.97 bits per heavy atom. The predicted octanol–water partition coefficient (Wildman–Crippen LogP) is 3.76. The Labute approximate surface area is 177 Å². The number of anilines is 1. The normalized spacial score (nSPS) is 11.4. The molecule has 0 aliphatic carbocycles. The molecular formula is C21H17ClN4O4. The number of nitrogens with zero attached hydrogens (tertiary/aromatic N) is 3. The molecule has 0 spiro atoms. The largest absolute Gasteiger partial charge is 0.453 e. The molecule has 1 heterocycles. The SMILES string of the molecule is CC(OC(=O)CCc1nc(-c2ccc(Cl)cc2)no1)C(=O)Nc1ccccc1C#N. The number of aromatic nitrogens is 2. The maximum Gasteiger partial charge on any atom is 0.307 e. The van der Waals surface area contributed by atoms with Crippen LogP contribution >= 0.6 is 11.6 Å². The summed E-state index contributed by atoms with van der Waals surface area (Å²) in [5, 5.41) is 16.1. The van der Waals surface area contributed by atoms with Gasteiger partial charge in [-0.25, -0.2) is 0 Å². The van der Waals surface area contributed by atoms with Gasteiger partial charge in [0, 0.05) is 17.0 Å². The van der Waals surface area contributed by atoms with Crippen LogP contribution in [0.5, 0.6) is 0 Å². The molecule has 1 atom stereocenters. The first kappa shape index (κ1) is 21.0. The summed E-state index contributed by atoms with van der Waals surface area (Å²) in [6, 6.07) is 15.5. The highest BCUT2D eigenvalue weighted by molar-refractivity contribution is 6.30. The van der Waals surface area contributed by atoms with E-state index in [9.17, 15) is 9.59 Å². The zero-order valence-corrected chi connectivity index (χ0v) is 16.7. The molecule has 0 fully saturated rings. The molecule has 3 aromatic rings. The average Bonchev–Trinajstić information content (AvgIpc) is 3.22. The van der Waals surface area contributed by atoms with Crippen molar-refractivity contribution >= 4 is 29.2 Å². The first-order chi connectivity index (χ1) is 14.5. The van der Waals surface area contributed by atoms with Gasteiger partial charge in [-0.3, -0.25) is 9.59 Å². The molecule has 8 nitrogen and oxygen atoms in total. The first-order valence-corrected chi connectivity index (χ1v) is 9.42. The lowest BCUT2D eigenvalue weighted by atomic mass is 10.2. The van der Waals surface area contributed by atoms with Crippen LogP contribution in [-0.4, -0.2) is 28.1 Å². The van der Waals surface area contributed by atoms with Crippen molar-refractivity contribution in [2.75, 3.05) is 5.32 Å². The van der Waals surface area contributed by atoms with E-state index in [2.05, 4.69) is 15.5 Å². The number of carbonyl (C=O) groups excluding carboxylic acids is 2. The average molecular weight is 425 g/mol. The minimum absolute atomic E-state index is 0.0331. The first-order valence-electron chi connectivity index (χ1n) is 9.04. The van der Waals surface area contributed by atoms with Gasteiger partial charge in [-0.1, -0.05) is 28.9 Å². The Kier molecular flexibility index (Phi) is 6.78. The van der Waals surface area contributed by atoms with E-state index in [0.717, 1.165) is 5.56 Å². The molecule has 0 saturated carbocycles. The van der Waals surface area contributed by atoms with E-state index in [0.29, 0.717) is 22.1 Å². The van der Waals surface area contributed by atoms with Crippen molar-refractivity contribution < 1.29 is 18.8 Å². The second-order valence-corrected chi connectivity index (χ2v) is 6.73. The monoisotopic (exact) mass is 424 g/mol. The number of rotatable bonds is 7. The smallest absolute Gasteiger partial charge is 0.307 e. The highest BCUT2D eigenvalue weighted by Crippen LogP contribution is 2.19. The van der Waals surface area contributed by atoms with Crippen molar-refractivity contribution in [1.82, 2.24) is 10.1 Å². The summed E-state index contributed by atoms with van der Waals surface area (Å²) in [4.78, 5) is 28.5. The van der Waals surface area contributed by atoms with Gasteiger partial charge in [0.05, 0.1) is 17.7 Å². The number of nitriles is 1. The number of amides is 1. The summed E-state index contributed by atoms with van der Waals surface area (Å²) < 4.78 is 10.3. The van der Waals surface area contributed by atoms with Gasteiger partial charge in [-0.15, -0.1) is 0 Å². The van der Waals surface area contributed by atoms with Gasteiger partial charge in [-0.2, -0.15) is 10.2 Å². The predicted molar refractivity (Wildman–Crippen MR) is 108 cm³/mol. The van der Waals surface area contributed by atoms with Gasteiger partial charge < -0.3 is 14.6 Å². The lowest BCUT2D eigenvalue weighted by Gasteiger charge is -2.13. The van der Waals surface area contributed by atoms with E-state index in [1.165, 1.54) is 6.92 Å². The summed E-state index contributed by atoms with van der Waals surface area (Å²) >= 11 is 5.85. The highest BCUT2D eigenvalue weighted by atomic mass is 35.5. The van der Waals surface area contributed by atoms with Gasteiger partial charge in [-0.05, 0) is 43.3 Å². The minimum atomic E-state index is -1.03. The summed E-state index contributed by atoms with van der Waals surface area (Å²) in [7, 11) is 0. The molecule has 1 amide bonds. The third-order valence-corrected chi connectivity index (χ3v) is 4.35. The molecule has 9 heteroatoms. The van der Waals surface area contributed by atoms with E-state index < -0.39 is 18.0 Å². The molecule has 1 aromatic heterocycles. The lowest BCUT2D eigenvalue weighted by Crippen LogP contribution is -2.30. The molecule has 1 unspecified atom stereocenters. The number of hydrogen-bond acceptors (Lipinski definition) is 7. The van der Waals surface area contributed by atoms with Crippen molar-refractivity contribution in [2.45, 2.75) is 25.9 Å². The fraction of sp³-hybridized carbons (Fsp3) is 0.190. The van der Waals surface area contributed by atoms with Crippen LogP contribution in [0.15, 0.2) is 53.1 Å². The maximum atomic E-state index is 12.2. The molecule has 0 radical (unpaired) electrons. The Bertz CT molecular complexity index is 1090. The number of halogens is 1. The summed E-state index contributed by atoms with van der Waals surface area (Å²) in [5.74, 6) is -0.456. The highest BCUT2D eigenvalue weighted by Gasteiger charge is 2.19. The summed E-state index contributed by atoms with van der Waals surface area (Å²) in [6.07, 6.45) is -0.892. The number of para-hydroxylation sites is 1. The van der Waals surface area contributed by atoms with Crippen LogP contribution in [0.3, 0.4) is 0 Å².